The molecular formula is C40H72O8. The Kier molecular flexibility index (Phi) is 27.7. The number of unbranched alkanes of at least 4 members (excludes halogenated alkanes) is 18. The normalized spacial score (nSPS) is 19.2. The molecule has 1 saturated carbocycles. The van der Waals surface area contributed by atoms with Gasteiger partial charge in [0.1, 0.15) is 25.1 Å². The van der Waals surface area contributed by atoms with E-state index in [0.29, 0.717) is 25.7 Å². The molecule has 280 valence electrons. The Balaban J connectivity index is 2.01. The van der Waals surface area contributed by atoms with Gasteiger partial charge in [0, 0.05) is 31.1 Å². The first-order chi connectivity index (χ1) is 23.3. The van der Waals surface area contributed by atoms with Gasteiger partial charge in [-0.15, -0.1) is 0 Å². The minimum absolute atomic E-state index is 0.0836. The monoisotopic (exact) mass is 681 g/mol. The molecule has 0 aromatic carbocycles. The highest BCUT2D eigenvalue weighted by molar-refractivity contribution is 5.84. The fourth-order valence-electron chi connectivity index (χ4n) is 6.57. The molecule has 1 aliphatic carbocycles. The largest absolute Gasteiger partial charge is 0.463 e. The number of hydrogen-bond acceptors (Lipinski definition) is 8. The number of esters is 2. The van der Waals surface area contributed by atoms with E-state index < -0.39 is 18.3 Å². The Labute approximate surface area is 292 Å². The third-order valence-electron chi connectivity index (χ3n) is 9.65. The van der Waals surface area contributed by atoms with Crippen LogP contribution in [0.25, 0.3) is 0 Å². The van der Waals surface area contributed by atoms with E-state index in [0.717, 1.165) is 57.8 Å². The number of aliphatic hydroxyl groups excluding tert-OH is 3. The van der Waals surface area contributed by atoms with E-state index in [1.807, 2.05) is 6.08 Å². The van der Waals surface area contributed by atoms with Crippen LogP contribution in [-0.4, -0.2) is 64.6 Å². The summed E-state index contributed by atoms with van der Waals surface area (Å²) in [6.45, 7) is 4.01. The van der Waals surface area contributed by atoms with E-state index in [1.54, 1.807) is 6.08 Å². The third-order valence-corrected chi connectivity index (χ3v) is 9.65. The highest BCUT2D eigenvalue weighted by Gasteiger charge is 2.39. The minimum Gasteiger partial charge on any atom is -0.463 e. The average molecular weight is 681 g/mol. The topological polar surface area (TPSA) is 130 Å². The summed E-state index contributed by atoms with van der Waals surface area (Å²) < 4.78 is 10.3. The molecule has 0 unspecified atom stereocenters. The number of ether oxygens (including phenoxy) is 2. The first kappa shape index (κ1) is 44.3. The van der Waals surface area contributed by atoms with Crippen LogP contribution in [0.5, 0.6) is 0 Å². The molecule has 1 rings (SSSR count). The number of carbonyl (C=O) groups is 3. The number of Topliss-reactive ketones (excluding diaryl/α,β-unsaturated/α-hetero) is 1. The molecule has 0 aromatic rings. The van der Waals surface area contributed by atoms with Gasteiger partial charge in [0.25, 0.3) is 0 Å². The first-order valence-corrected chi connectivity index (χ1v) is 19.8. The lowest BCUT2D eigenvalue weighted by Crippen LogP contribution is -2.25. The SMILES string of the molecule is CCCCCCCCCCCCCCCCC(=O)OC[C@@H](O)COC(=O)CCCCCC[C@H]1C(=O)C[C@@H](O)[C@@H]1/C=C/[C@@H](O)CCCCC. The van der Waals surface area contributed by atoms with Gasteiger partial charge in [-0.25, -0.2) is 0 Å². The van der Waals surface area contributed by atoms with Crippen LogP contribution >= 0.6 is 0 Å². The second-order valence-electron chi connectivity index (χ2n) is 14.2. The van der Waals surface area contributed by atoms with E-state index in [2.05, 4.69) is 13.8 Å². The van der Waals surface area contributed by atoms with Gasteiger partial charge >= 0.3 is 11.9 Å². The Morgan fingerprint density at radius 3 is 1.62 bits per heavy atom. The van der Waals surface area contributed by atoms with Crippen LogP contribution < -0.4 is 0 Å². The molecule has 48 heavy (non-hydrogen) atoms. The lowest BCUT2D eigenvalue weighted by atomic mass is 9.88. The summed E-state index contributed by atoms with van der Waals surface area (Å²) in [5.74, 6) is -1.10. The van der Waals surface area contributed by atoms with Crippen molar-refractivity contribution in [3.05, 3.63) is 12.2 Å². The summed E-state index contributed by atoms with van der Waals surface area (Å²) in [4.78, 5) is 36.5. The molecule has 0 amide bonds. The van der Waals surface area contributed by atoms with E-state index in [4.69, 9.17) is 9.47 Å². The van der Waals surface area contributed by atoms with Gasteiger partial charge < -0.3 is 24.8 Å². The summed E-state index contributed by atoms with van der Waals surface area (Å²) >= 11 is 0. The maximum absolute atomic E-state index is 12.5. The van der Waals surface area contributed by atoms with Crippen LogP contribution in [0, 0.1) is 11.8 Å². The maximum atomic E-state index is 12.5. The van der Waals surface area contributed by atoms with E-state index in [9.17, 15) is 29.7 Å². The number of aliphatic hydroxyl groups is 3. The summed E-state index contributed by atoms with van der Waals surface area (Å²) in [5, 5.41) is 30.6. The Morgan fingerprint density at radius 2 is 1.12 bits per heavy atom. The van der Waals surface area contributed by atoms with Crippen LogP contribution in [-0.2, 0) is 23.9 Å². The van der Waals surface area contributed by atoms with Crippen molar-refractivity contribution < 1.29 is 39.2 Å². The highest BCUT2D eigenvalue weighted by atomic mass is 16.6. The van der Waals surface area contributed by atoms with Gasteiger partial charge in [-0.3, -0.25) is 14.4 Å². The Hall–Kier alpha value is -1.77. The zero-order valence-electron chi connectivity index (χ0n) is 30.7. The van der Waals surface area contributed by atoms with Crippen molar-refractivity contribution in [1.29, 1.82) is 0 Å². The third kappa shape index (κ3) is 23.6. The molecule has 5 atom stereocenters. The zero-order chi connectivity index (χ0) is 35.2. The molecule has 0 spiro atoms. The van der Waals surface area contributed by atoms with Crippen molar-refractivity contribution in [3.63, 3.8) is 0 Å². The van der Waals surface area contributed by atoms with Crippen LogP contribution in [0.4, 0.5) is 0 Å². The van der Waals surface area contributed by atoms with E-state index >= 15 is 0 Å². The first-order valence-electron chi connectivity index (χ1n) is 19.8. The summed E-state index contributed by atoms with van der Waals surface area (Å²) in [7, 11) is 0. The number of hydrogen-bond donors (Lipinski definition) is 3. The van der Waals surface area contributed by atoms with Crippen molar-refractivity contribution >= 4 is 17.7 Å². The second kappa shape index (κ2) is 30.1. The van der Waals surface area contributed by atoms with Gasteiger partial charge in [0.05, 0.1) is 12.2 Å². The molecule has 8 nitrogen and oxygen atoms in total. The zero-order valence-corrected chi connectivity index (χ0v) is 30.7. The van der Waals surface area contributed by atoms with Gasteiger partial charge in [-0.05, 0) is 25.7 Å². The molecule has 1 fully saturated rings. The molecule has 0 bridgehead atoms. The molecule has 0 saturated heterocycles. The van der Waals surface area contributed by atoms with Crippen LogP contribution in [0.15, 0.2) is 12.2 Å². The molecular weight excluding hydrogens is 608 g/mol. The molecule has 0 aliphatic heterocycles. The lowest BCUT2D eigenvalue weighted by Gasteiger charge is -2.18. The van der Waals surface area contributed by atoms with Crippen molar-refractivity contribution in [2.45, 2.75) is 199 Å². The Bertz CT molecular complexity index is 843. The molecule has 8 heteroatoms. The number of ketones is 1. The van der Waals surface area contributed by atoms with Gasteiger partial charge in [-0.1, -0.05) is 148 Å². The van der Waals surface area contributed by atoms with Crippen LogP contribution in [0.3, 0.4) is 0 Å². The van der Waals surface area contributed by atoms with Crippen molar-refractivity contribution in [3.8, 4) is 0 Å². The average Bonchev–Trinajstić information content (AvgIpc) is 3.34. The van der Waals surface area contributed by atoms with Crippen molar-refractivity contribution in [2.24, 2.45) is 11.8 Å². The summed E-state index contributed by atoms with van der Waals surface area (Å²) in [5.41, 5.74) is 0. The number of carbonyl (C=O) groups excluding carboxylic acids is 3. The fraction of sp³-hybridized carbons (Fsp3) is 0.875. The van der Waals surface area contributed by atoms with Crippen LogP contribution in [0.1, 0.15) is 181 Å². The molecule has 0 radical (unpaired) electrons. The second-order valence-corrected chi connectivity index (χ2v) is 14.2. The smallest absolute Gasteiger partial charge is 0.305 e. The molecule has 3 N–H and O–H groups in total. The van der Waals surface area contributed by atoms with Gasteiger partial charge in [0.2, 0.25) is 0 Å². The molecule has 0 aromatic heterocycles. The van der Waals surface area contributed by atoms with E-state index in [1.165, 1.54) is 70.6 Å². The Morgan fingerprint density at radius 1 is 0.688 bits per heavy atom. The van der Waals surface area contributed by atoms with Crippen LogP contribution in [0.2, 0.25) is 0 Å². The summed E-state index contributed by atoms with van der Waals surface area (Å²) in [6, 6.07) is 0. The number of rotatable bonds is 32. The molecule has 1 aliphatic rings. The van der Waals surface area contributed by atoms with E-state index in [-0.39, 0.29) is 55.6 Å². The molecule has 0 heterocycles. The van der Waals surface area contributed by atoms with Crippen molar-refractivity contribution in [2.75, 3.05) is 13.2 Å². The quantitative estimate of drug-likeness (QED) is 0.0365. The minimum atomic E-state index is -1.03. The van der Waals surface area contributed by atoms with Gasteiger partial charge in [-0.2, -0.15) is 0 Å². The van der Waals surface area contributed by atoms with Gasteiger partial charge in [0.15, 0.2) is 0 Å². The lowest BCUT2D eigenvalue weighted by molar-refractivity contribution is -0.152. The maximum Gasteiger partial charge on any atom is 0.305 e. The van der Waals surface area contributed by atoms with Crippen molar-refractivity contribution in [1.82, 2.24) is 0 Å². The predicted molar refractivity (Wildman–Crippen MR) is 192 cm³/mol. The summed E-state index contributed by atoms with van der Waals surface area (Å²) in [6.07, 6.45) is 27.4. The fourth-order valence-corrected chi connectivity index (χ4v) is 6.57. The predicted octanol–water partition coefficient (Wildman–Crippen LogP) is 8.71. The highest BCUT2D eigenvalue weighted by Crippen LogP contribution is 2.34. The standard InChI is InChI=1S/C40H72O8/c1-3-5-7-8-9-10-11-12-13-14-15-16-17-22-26-39(45)47-31-34(42)32-48-40(46)27-23-19-18-21-25-35-36(38(44)30-37(35)43)29-28-33(41)24-20-6-4-2/h28-29,33-36,38,41-42,44H,3-27,30-32H2,1-2H3/b29-28+/t33-,34+,35+,36+,38+/m0/s1.